The van der Waals surface area contributed by atoms with Crippen molar-refractivity contribution < 1.29 is 14.3 Å². The van der Waals surface area contributed by atoms with Crippen LogP contribution in [0.2, 0.25) is 0 Å². The van der Waals surface area contributed by atoms with E-state index in [2.05, 4.69) is 21.9 Å². The van der Waals surface area contributed by atoms with E-state index in [1.165, 1.54) is 5.69 Å². The molecule has 1 aliphatic carbocycles. The second kappa shape index (κ2) is 8.52. The van der Waals surface area contributed by atoms with Crippen molar-refractivity contribution in [3.63, 3.8) is 0 Å². The number of likely N-dealkylation sites (tertiary alicyclic amines) is 1. The minimum atomic E-state index is 0.0872. The van der Waals surface area contributed by atoms with Crippen LogP contribution in [0.5, 0.6) is 5.75 Å². The molecule has 2 aliphatic heterocycles. The van der Waals surface area contributed by atoms with E-state index in [9.17, 15) is 9.59 Å². The lowest BCUT2D eigenvalue weighted by Gasteiger charge is -2.36. The van der Waals surface area contributed by atoms with E-state index in [1.54, 1.807) is 12.0 Å². The Labute approximate surface area is 167 Å². The van der Waals surface area contributed by atoms with Crippen molar-refractivity contribution in [2.45, 2.75) is 32.1 Å². The first-order valence-electron chi connectivity index (χ1n) is 10.6. The lowest BCUT2D eigenvalue weighted by molar-refractivity contribution is -0.152. The molecular weight excluding hydrogens is 354 g/mol. The van der Waals surface area contributed by atoms with Crippen molar-refractivity contribution in [3.8, 4) is 5.75 Å². The number of anilines is 1. The molecule has 6 heteroatoms. The predicted molar refractivity (Wildman–Crippen MR) is 108 cm³/mol. The Kier molecular flexibility index (Phi) is 5.85. The van der Waals surface area contributed by atoms with Gasteiger partial charge in [-0.15, -0.1) is 0 Å². The first-order chi connectivity index (χ1) is 13.7. The maximum absolute atomic E-state index is 12.4. The van der Waals surface area contributed by atoms with Crippen molar-refractivity contribution >= 4 is 17.5 Å². The van der Waals surface area contributed by atoms with Gasteiger partial charge in [-0.05, 0) is 50.8 Å². The largest absolute Gasteiger partial charge is 0.495 e. The normalized spacial score (nSPS) is 25.5. The van der Waals surface area contributed by atoms with Crippen LogP contribution in [0.1, 0.15) is 32.1 Å². The van der Waals surface area contributed by atoms with E-state index in [0.29, 0.717) is 6.54 Å². The molecule has 0 radical (unpaired) electrons. The molecule has 1 aromatic carbocycles. The van der Waals surface area contributed by atoms with Gasteiger partial charge in [-0.25, -0.2) is 0 Å². The van der Waals surface area contributed by atoms with Crippen LogP contribution in [-0.2, 0) is 9.59 Å². The van der Waals surface area contributed by atoms with Gasteiger partial charge in [0, 0.05) is 44.6 Å². The first kappa shape index (κ1) is 19.2. The van der Waals surface area contributed by atoms with Gasteiger partial charge < -0.3 is 9.64 Å². The van der Waals surface area contributed by atoms with Crippen LogP contribution in [0.25, 0.3) is 0 Å². The van der Waals surface area contributed by atoms with Crippen molar-refractivity contribution in [3.05, 3.63) is 24.3 Å². The highest BCUT2D eigenvalue weighted by atomic mass is 16.5. The molecule has 6 nitrogen and oxygen atoms in total. The predicted octanol–water partition coefficient (Wildman–Crippen LogP) is 2.38. The monoisotopic (exact) mass is 385 g/mol. The van der Waals surface area contributed by atoms with Gasteiger partial charge in [-0.3, -0.25) is 19.4 Å². The summed E-state index contributed by atoms with van der Waals surface area (Å²) in [5, 5.41) is 0. The van der Waals surface area contributed by atoms with Gasteiger partial charge in [-0.2, -0.15) is 0 Å². The molecule has 1 aromatic rings. The number of hydrogen-bond acceptors (Lipinski definition) is 5. The van der Waals surface area contributed by atoms with E-state index in [0.717, 1.165) is 70.6 Å². The molecule has 3 aliphatic rings. The second-order valence-corrected chi connectivity index (χ2v) is 8.24. The van der Waals surface area contributed by atoms with Crippen LogP contribution in [0.15, 0.2) is 24.3 Å². The molecule has 4 rings (SSSR count). The fourth-order valence-electron chi connectivity index (χ4n) is 4.91. The maximum Gasteiger partial charge on any atom is 0.232 e. The molecule has 2 heterocycles. The second-order valence-electron chi connectivity index (χ2n) is 8.24. The number of hydrogen-bond donors (Lipinski definition) is 0. The van der Waals surface area contributed by atoms with Gasteiger partial charge in [0.2, 0.25) is 11.8 Å². The molecule has 152 valence electrons. The number of fused-ring (bicyclic) bond motifs is 2. The molecule has 28 heavy (non-hydrogen) atoms. The standard InChI is InChI=1S/C22H31N3O3/c1-28-20-7-3-2-6-19(20)24-14-12-23(13-15-24)10-4-5-11-25-21(26)17-8-9-18(16-17)22(25)27/h2-3,6-7,17-18H,4-5,8-16H2,1H3. The average molecular weight is 386 g/mol. The minimum Gasteiger partial charge on any atom is -0.495 e. The third-order valence-corrected chi connectivity index (χ3v) is 6.57. The summed E-state index contributed by atoms with van der Waals surface area (Å²) < 4.78 is 5.48. The van der Waals surface area contributed by atoms with Gasteiger partial charge in [-0.1, -0.05) is 12.1 Å². The quantitative estimate of drug-likeness (QED) is 0.533. The molecule has 1 saturated carbocycles. The van der Waals surface area contributed by atoms with E-state index >= 15 is 0 Å². The molecule has 2 atom stereocenters. The summed E-state index contributed by atoms with van der Waals surface area (Å²) in [5.41, 5.74) is 1.17. The van der Waals surface area contributed by atoms with Crippen LogP contribution in [0, 0.1) is 11.8 Å². The molecular formula is C22H31N3O3. The molecule has 2 unspecified atom stereocenters. The zero-order chi connectivity index (χ0) is 19.5. The highest BCUT2D eigenvalue weighted by Gasteiger charge is 2.44. The smallest absolute Gasteiger partial charge is 0.232 e. The lowest BCUT2D eigenvalue weighted by atomic mass is 9.97. The molecule has 2 amide bonds. The zero-order valence-corrected chi connectivity index (χ0v) is 16.8. The topological polar surface area (TPSA) is 53.1 Å². The molecule has 0 spiro atoms. The van der Waals surface area contributed by atoms with Crippen LogP contribution in [-0.4, -0.2) is 68.0 Å². The maximum atomic E-state index is 12.4. The Balaban J connectivity index is 1.19. The molecule has 0 N–H and O–H groups in total. The van der Waals surface area contributed by atoms with E-state index < -0.39 is 0 Å². The molecule has 3 fully saturated rings. The lowest BCUT2D eigenvalue weighted by Crippen LogP contribution is -2.47. The number of benzene rings is 1. The van der Waals surface area contributed by atoms with E-state index in [1.807, 2.05) is 12.1 Å². The Morgan fingerprint density at radius 3 is 2.25 bits per heavy atom. The van der Waals surface area contributed by atoms with Gasteiger partial charge in [0.1, 0.15) is 5.75 Å². The summed E-state index contributed by atoms with van der Waals surface area (Å²) in [6.45, 7) is 5.68. The zero-order valence-electron chi connectivity index (χ0n) is 16.8. The van der Waals surface area contributed by atoms with Crippen LogP contribution in [0.3, 0.4) is 0 Å². The number of piperazine rings is 1. The molecule has 2 saturated heterocycles. The van der Waals surface area contributed by atoms with Crippen molar-refractivity contribution in [2.24, 2.45) is 11.8 Å². The number of methoxy groups -OCH3 is 1. The summed E-state index contributed by atoms with van der Waals surface area (Å²) in [7, 11) is 1.72. The number of rotatable bonds is 7. The Morgan fingerprint density at radius 2 is 1.57 bits per heavy atom. The fourth-order valence-corrected chi connectivity index (χ4v) is 4.91. The van der Waals surface area contributed by atoms with Crippen LogP contribution >= 0.6 is 0 Å². The fraction of sp³-hybridized carbons (Fsp3) is 0.636. The number of imide groups is 1. The number of piperidine rings is 1. The van der Waals surface area contributed by atoms with Gasteiger partial charge in [0.25, 0.3) is 0 Å². The summed E-state index contributed by atoms with van der Waals surface area (Å²) in [6.07, 6.45) is 4.54. The molecule has 2 bridgehead atoms. The first-order valence-corrected chi connectivity index (χ1v) is 10.6. The summed E-state index contributed by atoms with van der Waals surface area (Å²) >= 11 is 0. The number of carbonyl (C=O) groups is 2. The van der Waals surface area contributed by atoms with Crippen LogP contribution in [0.4, 0.5) is 5.69 Å². The number of amides is 2. The summed E-state index contributed by atoms with van der Waals surface area (Å²) in [5.74, 6) is 1.34. The van der Waals surface area contributed by atoms with E-state index in [-0.39, 0.29) is 23.7 Å². The van der Waals surface area contributed by atoms with Gasteiger partial charge >= 0.3 is 0 Å². The summed E-state index contributed by atoms with van der Waals surface area (Å²) in [6, 6.07) is 8.19. The number of unbranched alkanes of at least 4 members (excludes halogenated alkanes) is 1. The van der Waals surface area contributed by atoms with Gasteiger partial charge in [0.05, 0.1) is 12.8 Å². The SMILES string of the molecule is COc1ccccc1N1CCN(CCCCN2C(=O)C3CCC(C3)C2=O)CC1. The van der Waals surface area contributed by atoms with Crippen molar-refractivity contribution in [1.29, 1.82) is 0 Å². The van der Waals surface area contributed by atoms with E-state index in [4.69, 9.17) is 4.74 Å². The number of ether oxygens (including phenoxy) is 1. The van der Waals surface area contributed by atoms with Gasteiger partial charge in [0.15, 0.2) is 0 Å². The number of para-hydroxylation sites is 2. The Hall–Kier alpha value is -2.08. The number of carbonyl (C=O) groups excluding carboxylic acids is 2. The highest BCUT2D eigenvalue weighted by molar-refractivity contribution is 6.00. The van der Waals surface area contributed by atoms with Crippen molar-refractivity contribution in [2.75, 3.05) is 51.3 Å². The Bertz CT molecular complexity index is 693. The van der Waals surface area contributed by atoms with Crippen LogP contribution < -0.4 is 9.64 Å². The Morgan fingerprint density at radius 1 is 0.929 bits per heavy atom. The third kappa shape index (κ3) is 3.88. The average Bonchev–Trinajstić information content (AvgIpc) is 3.19. The van der Waals surface area contributed by atoms with Crippen molar-refractivity contribution in [1.82, 2.24) is 9.80 Å². The molecule has 0 aromatic heterocycles. The third-order valence-electron chi connectivity index (χ3n) is 6.57. The highest BCUT2D eigenvalue weighted by Crippen LogP contribution is 2.38. The summed E-state index contributed by atoms with van der Waals surface area (Å²) in [4.78, 5) is 31.2. The minimum absolute atomic E-state index is 0.0872. The number of nitrogens with zero attached hydrogens (tertiary/aromatic N) is 3.